The molecule has 2 rings (SSSR count). The Kier molecular flexibility index (Phi) is 5.19. The number of hydrogen-bond acceptors (Lipinski definition) is 2. The maximum Gasteiger partial charge on any atom is 0.119 e. The van der Waals surface area contributed by atoms with E-state index in [1.807, 2.05) is 30.3 Å². The molecule has 0 fully saturated rings. The summed E-state index contributed by atoms with van der Waals surface area (Å²) >= 11 is 0. The fraction of sp³-hybridized carbons (Fsp3) is 0.333. The molecule has 0 bridgehead atoms. The first-order valence-corrected chi connectivity index (χ1v) is 7.17. The lowest BCUT2D eigenvalue weighted by atomic mass is 10.00. The molecule has 2 nitrogen and oxygen atoms in total. The molecule has 0 radical (unpaired) electrons. The molecule has 106 valence electrons. The molecule has 0 aliphatic rings. The Bertz CT molecular complexity index is 505. The van der Waals surface area contributed by atoms with Gasteiger partial charge in [0.15, 0.2) is 0 Å². The van der Waals surface area contributed by atoms with E-state index in [2.05, 4.69) is 38.1 Å². The van der Waals surface area contributed by atoms with Crippen molar-refractivity contribution in [2.45, 2.75) is 26.3 Å². The minimum Gasteiger partial charge on any atom is -0.492 e. The molecular formula is C18H23NO. The van der Waals surface area contributed by atoms with Crippen molar-refractivity contribution in [1.29, 1.82) is 0 Å². The van der Waals surface area contributed by atoms with E-state index in [0.717, 1.165) is 17.7 Å². The molecule has 20 heavy (non-hydrogen) atoms. The Morgan fingerprint density at radius 3 is 2.20 bits per heavy atom. The molecule has 0 aromatic heterocycles. The molecule has 0 spiro atoms. The van der Waals surface area contributed by atoms with Crippen LogP contribution in [-0.2, 0) is 6.42 Å². The van der Waals surface area contributed by atoms with Gasteiger partial charge in [0.25, 0.3) is 0 Å². The SMILES string of the molecule is CC(C)Cc1ccc(C(N)COc2ccccc2)cc1. The van der Waals surface area contributed by atoms with Crippen molar-refractivity contribution >= 4 is 0 Å². The molecule has 0 saturated carbocycles. The summed E-state index contributed by atoms with van der Waals surface area (Å²) in [6.07, 6.45) is 1.11. The minimum absolute atomic E-state index is 0.0942. The van der Waals surface area contributed by atoms with Crippen LogP contribution in [-0.4, -0.2) is 6.61 Å². The standard InChI is InChI=1S/C18H23NO/c1-14(2)12-15-8-10-16(11-9-15)18(19)13-20-17-6-4-3-5-7-17/h3-11,14,18H,12-13,19H2,1-2H3. The zero-order chi connectivity index (χ0) is 14.4. The molecule has 0 heterocycles. The first-order valence-electron chi connectivity index (χ1n) is 7.17. The van der Waals surface area contributed by atoms with E-state index in [-0.39, 0.29) is 6.04 Å². The summed E-state index contributed by atoms with van der Waals surface area (Å²) in [6, 6.07) is 18.2. The number of hydrogen-bond donors (Lipinski definition) is 1. The summed E-state index contributed by atoms with van der Waals surface area (Å²) in [5.41, 5.74) is 8.65. The van der Waals surface area contributed by atoms with Crippen molar-refractivity contribution in [3.63, 3.8) is 0 Å². The highest BCUT2D eigenvalue weighted by Gasteiger charge is 2.07. The van der Waals surface area contributed by atoms with Crippen LogP contribution in [0.4, 0.5) is 0 Å². The fourth-order valence-corrected chi connectivity index (χ4v) is 2.17. The zero-order valence-electron chi connectivity index (χ0n) is 12.3. The van der Waals surface area contributed by atoms with Gasteiger partial charge < -0.3 is 10.5 Å². The lowest BCUT2D eigenvalue weighted by Crippen LogP contribution is -2.19. The number of nitrogens with two attached hydrogens (primary N) is 1. The van der Waals surface area contributed by atoms with Gasteiger partial charge >= 0.3 is 0 Å². The molecule has 1 unspecified atom stereocenters. The van der Waals surface area contributed by atoms with Gasteiger partial charge in [-0.25, -0.2) is 0 Å². The van der Waals surface area contributed by atoms with Gasteiger partial charge in [-0.1, -0.05) is 56.3 Å². The van der Waals surface area contributed by atoms with Crippen LogP contribution < -0.4 is 10.5 Å². The third-order valence-corrected chi connectivity index (χ3v) is 3.22. The van der Waals surface area contributed by atoms with E-state index >= 15 is 0 Å². The molecule has 2 aromatic rings. The quantitative estimate of drug-likeness (QED) is 0.861. The third-order valence-electron chi connectivity index (χ3n) is 3.22. The topological polar surface area (TPSA) is 35.2 Å². The van der Waals surface area contributed by atoms with Gasteiger partial charge in [-0.2, -0.15) is 0 Å². The Hall–Kier alpha value is -1.80. The lowest BCUT2D eigenvalue weighted by molar-refractivity contribution is 0.290. The first kappa shape index (κ1) is 14.6. The molecular weight excluding hydrogens is 246 g/mol. The van der Waals surface area contributed by atoms with Crippen molar-refractivity contribution in [2.75, 3.05) is 6.61 Å². The van der Waals surface area contributed by atoms with Crippen LogP contribution in [0.15, 0.2) is 54.6 Å². The van der Waals surface area contributed by atoms with Gasteiger partial charge in [-0.15, -0.1) is 0 Å². The molecule has 0 amide bonds. The Labute approximate surface area is 121 Å². The van der Waals surface area contributed by atoms with Crippen LogP contribution in [0, 0.1) is 5.92 Å². The van der Waals surface area contributed by atoms with Crippen LogP contribution in [0.1, 0.15) is 31.0 Å². The smallest absolute Gasteiger partial charge is 0.119 e. The van der Waals surface area contributed by atoms with E-state index in [9.17, 15) is 0 Å². The molecule has 0 aliphatic carbocycles. The number of benzene rings is 2. The molecule has 0 saturated heterocycles. The van der Waals surface area contributed by atoms with Crippen LogP contribution in [0.25, 0.3) is 0 Å². The summed E-state index contributed by atoms with van der Waals surface area (Å²) in [6.45, 7) is 4.95. The summed E-state index contributed by atoms with van der Waals surface area (Å²) in [4.78, 5) is 0. The Morgan fingerprint density at radius 2 is 1.60 bits per heavy atom. The van der Waals surface area contributed by atoms with Crippen molar-refractivity contribution in [3.05, 3.63) is 65.7 Å². The monoisotopic (exact) mass is 269 g/mol. The predicted octanol–water partition coefficient (Wildman–Crippen LogP) is 3.96. The lowest BCUT2D eigenvalue weighted by Gasteiger charge is -2.14. The second kappa shape index (κ2) is 7.11. The van der Waals surface area contributed by atoms with Crippen molar-refractivity contribution in [3.8, 4) is 5.75 Å². The Morgan fingerprint density at radius 1 is 0.950 bits per heavy atom. The minimum atomic E-state index is -0.0942. The molecule has 2 heteroatoms. The van der Waals surface area contributed by atoms with Gasteiger partial charge in [0.05, 0.1) is 6.04 Å². The largest absolute Gasteiger partial charge is 0.492 e. The summed E-state index contributed by atoms with van der Waals surface area (Å²) in [5.74, 6) is 1.54. The van der Waals surface area contributed by atoms with Crippen LogP contribution in [0.3, 0.4) is 0 Å². The van der Waals surface area contributed by atoms with Gasteiger partial charge in [0.2, 0.25) is 0 Å². The van der Waals surface area contributed by atoms with Crippen LogP contribution in [0.5, 0.6) is 5.75 Å². The highest BCUT2D eigenvalue weighted by atomic mass is 16.5. The molecule has 2 N–H and O–H groups in total. The summed E-state index contributed by atoms with van der Waals surface area (Å²) in [7, 11) is 0. The highest BCUT2D eigenvalue weighted by Crippen LogP contribution is 2.16. The van der Waals surface area contributed by atoms with Gasteiger partial charge in [0.1, 0.15) is 12.4 Å². The van der Waals surface area contributed by atoms with E-state index in [0.29, 0.717) is 12.5 Å². The Balaban J connectivity index is 1.90. The number of para-hydroxylation sites is 1. The molecule has 1 atom stereocenters. The molecule has 0 aliphatic heterocycles. The fourth-order valence-electron chi connectivity index (χ4n) is 2.17. The maximum absolute atomic E-state index is 6.17. The highest BCUT2D eigenvalue weighted by molar-refractivity contribution is 5.26. The van der Waals surface area contributed by atoms with Crippen molar-refractivity contribution in [1.82, 2.24) is 0 Å². The van der Waals surface area contributed by atoms with Crippen molar-refractivity contribution in [2.24, 2.45) is 11.7 Å². The average Bonchev–Trinajstić information content (AvgIpc) is 2.46. The normalized spacial score (nSPS) is 12.4. The van der Waals surface area contributed by atoms with Gasteiger partial charge in [-0.05, 0) is 35.6 Å². The zero-order valence-corrected chi connectivity index (χ0v) is 12.3. The van der Waals surface area contributed by atoms with Crippen LogP contribution >= 0.6 is 0 Å². The van der Waals surface area contributed by atoms with Gasteiger partial charge in [-0.3, -0.25) is 0 Å². The maximum atomic E-state index is 6.17. The predicted molar refractivity (Wildman–Crippen MR) is 83.8 cm³/mol. The van der Waals surface area contributed by atoms with Crippen molar-refractivity contribution < 1.29 is 4.74 Å². The summed E-state index contributed by atoms with van der Waals surface area (Å²) in [5, 5.41) is 0. The van der Waals surface area contributed by atoms with Gasteiger partial charge in [0, 0.05) is 0 Å². The average molecular weight is 269 g/mol. The first-order chi connectivity index (χ1) is 9.65. The van der Waals surface area contributed by atoms with Crippen LogP contribution in [0.2, 0.25) is 0 Å². The van der Waals surface area contributed by atoms with E-state index in [1.54, 1.807) is 0 Å². The number of rotatable bonds is 6. The van der Waals surface area contributed by atoms with E-state index in [4.69, 9.17) is 10.5 Å². The second-order valence-corrected chi connectivity index (χ2v) is 5.57. The summed E-state index contributed by atoms with van der Waals surface area (Å²) < 4.78 is 5.69. The van der Waals surface area contributed by atoms with E-state index < -0.39 is 0 Å². The number of ether oxygens (including phenoxy) is 1. The van der Waals surface area contributed by atoms with E-state index in [1.165, 1.54) is 5.56 Å². The second-order valence-electron chi connectivity index (χ2n) is 5.57. The molecule has 2 aromatic carbocycles. The third kappa shape index (κ3) is 4.39.